The third-order valence-electron chi connectivity index (χ3n) is 6.92. The van der Waals surface area contributed by atoms with Crippen LogP contribution < -0.4 is 20.5 Å². The van der Waals surface area contributed by atoms with Crippen LogP contribution in [0.15, 0.2) is 22.6 Å². The SMILES string of the molecule is CC(N)c1oc(-c2ccc(OC(F)F)c(OCC3CC3)c2)nc1C(=O)NCC1(CC(=O)O)CCCCC1.Cl. The number of nitrogens with one attached hydrogen (secondary N) is 1. The molecule has 0 saturated heterocycles. The first-order valence-corrected chi connectivity index (χ1v) is 12.6. The number of benzene rings is 1. The Kier molecular flexibility index (Phi) is 9.94. The zero-order valence-electron chi connectivity index (χ0n) is 21.2. The number of aliphatic carboxylic acids is 1. The van der Waals surface area contributed by atoms with Crippen LogP contribution in [-0.2, 0) is 4.79 Å². The molecular formula is C26H34ClF2N3O6. The molecule has 0 radical (unpaired) electrons. The Morgan fingerprint density at radius 2 is 1.95 bits per heavy atom. The fourth-order valence-electron chi connectivity index (χ4n) is 4.76. The zero-order valence-corrected chi connectivity index (χ0v) is 22.0. The Labute approximate surface area is 225 Å². The number of halogens is 3. The monoisotopic (exact) mass is 557 g/mol. The average molecular weight is 558 g/mol. The Morgan fingerprint density at radius 3 is 2.55 bits per heavy atom. The number of rotatable bonds is 12. The molecule has 1 atom stereocenters. The Balaban J connectivity index is 0.00000400. The molecule has 1 heterocycles. The van der Waals surface area contributed by atoms with Gasteiger partial charge < -0.3 is 30.0 Å². The van der Waals surface area contributed by atoms with Crippen LogP contribution in [-0.4, -0.2) is 41.7 Å². The molecule has 1 unspecified atom stereocenters. The molecule has 2 aliphatic carbocycles. The average Bonchev–Trinajstić information content (AvgIpc) is 3.56. The first-order valence-electron chi connectivity index (χ1n) is 12.6. The van der Waals surface area contributed by atoms with Gasteiger partial charge in [0.2, 0.25) is 5.89 Å². The van der Waals surface area contributed by atoms with Crippen molar-refractivity contribution in [3.63, 3.8) is 0 Å². The van der Waals surface area contributed by atoms with Crippen LogP contribution in [0.4, 0.5) is 8.78 Å². The summed E-state index contributed by atoms with van der Waals surface area (Å²) in [4.78, 5) is 29.0. The van der Waals surface area contributed by atoms with Crippen LogP contribution in [0.5, 0.6) is 11.5 Å². The maximum absolute atomic E-state index is 13.1. The second kappa shape index (κ2) is 12.8. The molecular weight excluding hydrogens is 524 g/mol. The predicted octanol–water partition coefficient (Wildman–Crippen LogP) is 5.33. The molecule has 2 aromatic rings. The number of aromatic nitrogens is 1. The fraction of sp³-hybridized carbons (Fsp3) is 0.577. The number of nitrogens with two attached hydrogens (primary N) is 1. The highest BCUT2D eigenvalue weighted by atomic mass is 35.5. The van der Waals surface area contributed by atoms with Crippen LogP contribution in [0.25, 0.3) is 11.5 Å². The van der Waals surface area contributed by atoms with Crippen molar-refractivity contribution in [2.45, 2.75) is 70.9 Å². The lowest BCUT2D eigenvalue weighted by atomic mass is 9.71. The van der Waals surface area contributed by atoms with Crippen LogP contribution in [0.2, 0.25) is 0 Å². The summed E-state index contributed by atoms with van der Waals surface area (Å²) < 4.78 is 41.9. The molecule has 0 spiro atoms. The number of oxazole rings is 1. The first kappa shape index (κ1) is 29.6. The second-order valence-electron chi connectivity index (χ2n) is 10.1. The number of carboxylic acid groups (broad SMARTS) is 1. The van der Waals surface area contributed by atoms with E-state index >= 15 is 0 Å². The summed E-state index contributed by atoms with van der Waals surface area (Å²) in [5.74, 6) is -0.752. The molecule has 1 amide bonds. The highest BCUT2D eigenvalue weighted by Crippen LogP contribution is 2.39. The van der Waals surface area contributed by atoms with E-state index in [2.05, 4.69) is 15.0 Å². The lowest BCUT2D eigenvalue weighted by molar-refractivity contribution is -0.140. The predicted molar refractivity (Wildman–Crippen MR) is 137 cm³/mol. The zero-order chi connectivity index (χ0) is 26.6. The summed E-state index contributed by atoms with van der Waals surface area (Å²) >= 11 is 0. The highest BCUT2D eigenvalue weighted by molar-refractivity contribution is 5.94. The van der Waals surface area contributed by atoms with E-state index in [0.29, 0.717) is 18.1 Å². The summed E-state index contributed by atoms with van der Waals surface area (Å²) in [6.45, 7) is -0.773. The molecule has 2 fully saturated rings. The molecule has 12 heteroatoms. The molecule has 2 aliphatic rings. The molecule has 9 nitrogen and oxygen atoms in total. The van der Waals surface area contributed by atoms with Gasteiger partial charge in [0.1, 0.15) is 0 Å². The van der Waals surface area contributed by atoms with Crippen molar-refractivity contribution >= 4 is 24.3 Å². The second-order valence-corrected chi connectivity index (χ2v) is 10.1. The molecule has 2 saturated carbocycles. The normalized spacial score (nSPS) is 17.4. The van der Waals surface area contributed by atoms with Gasteiger partial charge in [0.15, 0.2) is 23.0 Å². The van der Waals surface area contributed by atoms with Crippen LogP contribution >= 0.6 is 12.4 Å². The highest BCUT2D eigenvalue weighted by Gasteiger charge is 2.35. The Bertz CT molecular complexity index is 1120. The van der Waals surface area contributed by atoms with E-state index in [0.717, 1.165) is 44.9 Å². The smallest absolute Gasteiger partial charge is 0.387 e. The Morgan fingerprint density at radius 1 is 1.24 bits per heavy atom. The minimum absolute atomic E-state index is 0. The van der Waals surface area contributed by atoms with Gasteiger partial charge in [-0.3, -0.25) is 9.59 Å². The number of hydrogen-bond donors (Lipinski definition) is 3. The number of carboxylic acids is 1. The van der Waals surface area contributed by atoms with E-state index in [9.17, 15) is 23.5 Å². The number of amides is 1. The lowest BCUT2D eigenvalue weighted by Crippen LogP contribution is -2.40. The molecule has 4 N–H and O–H groups in total. The van der Waals surface area contributed by atoms with Crippen molar-refractivity contribution in [3.8, 4) is 23.0 Å². The molecule has 4 rings (SSSR count). The van der Waals surface area contributed by atoms with E-state index in [1.807, 2.05) is 0 Å². The van der Waals surface area contributed by atoms with Crippen molar-refractivity contribution in [2.24, 2.45) is 17.1 Å². The van der Waals surface area contributed by atoms with Gasteiger partial charge in [0, 0.05) is 12.1 Å². The van der Waals surface area contributed by atoms with E-state index in [-0.39, 0.29) is 54.2 Å². The van der Waals surface area contributed by atoms with Crippen molar-refractivity contribution in [3.05, 3.63) is 29.7 Å². The quantitative estimate of drug-likeness (QED) is 0.318. The standard InChI is InChI=1S/C26H33F2N3O6.ClH/c1-15(29)22-21(23(34)30-14-26(12-20(32)33)9-3-2-4-10-26)31-24(37-22)17-7-8-18(36-25(27)28)19(11-17)35-13-16-5-6-16;/h7-8,11,15-16,25H,2-6,9-10,12-14,29H2,1H3,(H,30,34)(H,32,33);1H. The van der Waals surface area contributed by atoms with Crippen LogP contribution in [0.1, 0.15) is 80.6 Å². The van der Waals surface area contributed by atoms with Gasteiger partial charge >= 0.3 is 12.6 Å². The molecule has 1 aromatic heterocycles. The van der Waals surface area contributed by atoms with Gasteiger partial charge in [0.05, 0.1) is 19.1 Å². The summed E-state index contributed by atoms with van der Waals surface area (Å²) in [6, 6.07) is 3.67. The van der Waals surface area contributed by atoms with Crippen LogP contribution in [0.3, 0.4) is 0 Å². The lowest BCUT2D eigenvalue weighted by Gasteiger charge is -2.36. The largest absolute Gasteiger partial charge is 0.489 e. The number of carbonyl (C=O) groups excluding carboxylic acids is 1. The van der Waals surface area contributed by atoms with Gasteiger partial charge in [-0.2, -0.15) is 8.78 Å². The molecule has 38 heavy (non-hydrogen) atoms. The van der Waals surface area contributed by atoms with Crippen molar-refractivity contribution in [1.82, 2.24) is 10.3 Å². The van der Waals surface area contributed by atoms with Gasteiger partial charge in [0.25, 0.3) is 5.91 Å². The molecule has 1 aromatic carbocycles. The van der Waals surface area contributed by atoms with E-state index in [4.69, 9.17) is 14.9 Å². The van der Waals surface area contributed by atoms with Crippen molar-refractivity contribution < 1.29 is 37.4 Å². The number of nitrogens with zero attached hydrogens (tertiary/aromatic N) is 1. The number of hydrogen-bond acceptors (Lipinski definition) is 7. The molecule has 0 aliphatic heterocycles. The number of carbonyl (C=O) groups is 2. The number of ether oxygens (including phenoxy) is 2. The van der Waals surface area contributed by atoms with Crippen molar-refractivity contribution in [2.75, 3.05) is 13.2 Å². The summed E-state index contributed by atoms with van der Waals surface area (Å²) in [5.41, 5.74) is 5.95. The fourth-order valence-corrected chi connectivity index (χ4v) is 4.76. The first-order chi connectivity index (χ1) is 17.7. The Hall–Kier alpha value is -2.92. The molecule has 210 valence electrons. The minimum atomic E-state index is -3.01. The summed E-state index contributed by atoms with van der Waals surface area (Å²) in [7, 11) is 0. The minimum Gasteiger partial charge on any atom is -0.489 e. The third-order valence-corrected chi connectivity index (χ3v) is 6.92. The maximum Gasteiger partial charge on any atom is 0.387 e. The van der Waals surface area contributed by atoms with Crippen molar-refractivity contribution in [1.29, 1.82) is 0 Å². The van der Waals surface area contributed by atoms with Crippen LogP contribution in [0, 0.1) is 11.3 Å². The van der Waals surface area contributed by atoms with E-state index in [1.54, 1.807) is 6.92 Å². The summed E-state index contributed by atoms with van der Waals surface area (Å²) in [6.07, 6.45) is 6.35. The van der Waals surface area contributed by atoms with Gasteiger partial charge in [-0.15, -0.1) is 12.4 Å². The number of alkyl halides is 2. The summed E-state index contributed by atoms with van der Waals surface area (Å²) in [5, 5.41) is 12.3. The van der Waals surface area contributed by atoms with E-state index < -0.39 is 29.9 Å². The van der Waals surface area contributed by atoms with Gasteiger partial charge in [-0.1, -0.05) is 19.3 Å². The third kappa shape index (κ3) is 7.57. The topological polar surface area (TPSA) is 137 Å². The van der Waals surface area contributed by atoms with E-state index in [1.165, 1.54) is 18.2 Å². The maximum atomic E-state index is 13.1. The van der Waals surface area contributed by atoms with Gasteiger partial charge in [-0.05, 0) is 62.1 Å². The molecule has 0 bridgehead atoms. The van der Waals surface area contributed by atoms with Gasteiger partial charge in [-0.25, -0.2) is 4.98 Å².